The van der Waals surface area contributed by atoms with Gasteiger partial charge < -0.3 is 0 Å². The van der Waals surface area contributed by atoms with E-state index in [1.807, 2.05) is 18.4 Å². The molecule has 2 heterocycles. The minimum atomic E-state index is -0.306. The molecule has 0 aliphatic carbocycles. The van der Waals surface area contributed by atoms with Gasteiger partial charge in [-0.25, -0.2) is 9.37 Å². The number of halogens is 1. The summed E-state index contributed by atoms with van der Waals surface area (Å²) in [5.41, 5.74) is 3.83. The first-order valence-electron chi connectivity index (χ1n) is 8.89. The lowest BCUT2D eigenvalue weighted by atomic mass is 10.0. The number of fused-ring (bicyclic) bond motifs is 1. The summed E-state index contributed by atoms with van der Waals surface area (Å²) in [6.07, 6.45) is 0.978. The van der Waals surface area contributed by atoms with Crippen LogP contribution >= 0.6 is 11.3 Å². The maximum atomic E-state index is 13.5. The second-order valence-corrected chi connectivity index (χ2v) is 7.42. The zero-order valence-electron chi connectivity index (χ0n) is 15.2. The minimum Gasteiger partial charge on any atom is -0.292 e. The van der Waals surface area contributed by atoms with Gasteiger partial charge in [-0.1, -0.05) is 43.3 Å². The van der Waals surface area contributed by atoms with Crippen LogP contribution < -0.4 is 5.56 Å². The Hall–Kier alpha value is -2.79. The Morgan fingerprint density at radius 2 is 1.89 bits per heavy atom. The standard InChI is InChI=1S/C22H19FN2OS/c1-3-15-7-9-17(10-8-15)19-13-27-21-20(19)22(26)25(14(2)24-21)12-16-5-4-6-18(23)11-16/h4-11,13H,3,12H2,1-2H3. The summed E-state index contributed by atoms with van der Waals surface area (Å²) in [4.78, 5) is 18.6. The molecule has 0 amide bonds. The van der Waals surface area contributed by atoms with Gasteiger partial charge in [-0.05, 0) is 42.2 Å². The number of aryl methyl sites for hydroxylation is 2. The normalized spacial score (nSPS) is 11.2. The number of rotatable bonds is 4. The molecule has 0 N–H and O–H groups in total. The fourth-order valence-electron chi connectivity index (χ4n) is 3.26. The van der Waals surface area contributed by atoms with Crippen molar-refractivity contribution >= 4 is 21.6 Å². The molecule has 3 nitrogen and oxygen atoms in total. The third-order valence-electron chi connectivity index (χ3n) is 4.79. The van der Waals surface area contributed by atoms with Gasteiger partial charge in [0, 0.05) is 10.9 Å². The Morgan fingerprint density at radius 1 is 1.11 bits per heavy atom. The van der Waals surface area contributed by atoms with Crippen LogP contribution in [0.2, 0.25) is 0 Å². The van der Waals surface area contributed by atoms with Crippen molar-refractivity contribution in [3.05, 3.63) is 87.0 Å². The van der Waals surface area contributed by atoms with Crippen LogP contribution in [0.3, 0.4) is 0 Å². The Balaban J connectivity index is 1.85. The molecule has 0 atom stereocenters. The summed E-state index contributed by atoms with van der Waals surface area (Å²) in [5, 5.41) is 2.62. The van der Waals surface area contributed by atoms with Gasteiger partial charge in [-0.2, -0.15) is 0 Å². The molecule has 0 aliphatic heterocycles. The van der Waals surface area contributed by atoms with Gasteiger partial charge in [-0.15, -0.1) is 11.3 Å². The first kappa shape index (κ1) is 17.6. The van der Waals surface area contributed by atoms with Crippen molar-refractivity contribution < 1.29 is 4.39 Å². The summed E-state index contributed by atoms with van der Waals surface area (Å²) < 4.78 is 15.1. The van der Waals surface area contributed by atoms with Gasteiger partial charge in [0.2, 0.25) is 0 Å². The molecule has 136 valence electrons. The third-order valence-corrected chi connectivity index (χ3v) is 5.66. The zero-order valence-corrected chi connectivity index (χ0v) is 16.0. The van der Waals surface area contributed by atoms with Crippen LogP contribution in [0.15, 0.2) is 58.7 Å². The van der Waals surface area contributed by atoms with Gasteiger partial charge in [0.25, 0.3) is 5.56 Å². The number of hydrogen-bond donors (Lipinski definition) is 0. The summed E-state index contributed by atoms with van der Waals surface area (Å²) in [6, 6.07) is 14.6. The lowest BCUT2D eigenvalue weighted by Crippen LogP contribution is -2.24. The zero-order chi connectivity index (χ0) is 19.0. The number of hydrogen-bond acceptors (Lipinski definition) is 3. The highest BCUT2D eigenvalue weighted by molar-refractivity contribution is 7.17. The van der Waals surface area contributed by atoms with Crippen LogP contribution in [-0.2, 0) is 13.0 Å². The van der Waals surface area contributed by atoms with Crippen molar-refractivity contribution in [1.82, 2.24) is 9.55 Å². The van der Waals surface area contributed by atoms with E-state index >= 15 is 0 Å². The molecule has 4 rings (SSSR count). The SMILES string of the molecule is CCc1ccc(-c2csc3nc(C)n(Cc4cccc(F)c4)c(=O)c23)cc1. The van der Waals surface area contributed by atoms with Crippen molar-refractivity contribution in [3.63, 3.8) is 0 Å². The molecule has 0 spiro atoms. The van der Waals surface area contributed by atoms with Crippen LogP contribution in [0.5, 0.6) is 0 Å². The Kier molecular flexibility index (Phi) is 4.62. The van der Waals surface area contributed by atoms with Crippen molar-refractivity contribution in [3.8, 4) is 11.1 Å². The fraction of sp³-hybridized carbons (Fsp3) is 0.182. The molecule has 2 aromatic carbocycles. The number of aromatic nitrogens is 2. The smallest absolute Gasteiger partial charge is 0.263 e. The van der Waals surface area contributed by atoms with Crippen LogP contribution in [0.4, 0.5) is 4.39 Å². The molecule has 0 radical (unpaired) electrons. The van der Waals surface area contributed by atoms with Gasteiger partial charge in [0.1, 0.15) is 16.5 Å². The Bertz CT molecular complexity index is 1180. The second-order valence-electron chi connectivity index (χ2n) is 6.56. The predicted octanol–water partition coefficient (Wildman–Crippen LogP) is 5.18. The lowest BCUT2D eigenvalue weighted by Gasteiger charge is -2.10. The van der Waals surface area contributed by atoms with Crippen LogP contribution in [0.1, 0.15) is 23.9 Å². The molecule has 4 aromatic rings. The van der Waals surface area contributed by atoms with Gasteiger partial charge in [0.15, 0.2) is 0 Å². The highest BCUT2D eigenvalue weighted by atomic mass is 32.1. The maximum absolute atomic E-state index is 13.5. The molecule has 0 unspecified atom stereocenters. The van der Waals surface area contributed by atoms with Crippen LogP contribution in [-0.4, -0.2) is 9.55 Å². The largest absolute Gasteiger partial charge is 0.292 e. The van der Waals surface area contributed by atoms with E-state index in [1.165, 1.54) is 29.0 Å². The van der Waals surface area contributed by atoms with Gasteiger partial charge >= 0.3 is 0 Å². The number of benzene rings is 2. The van der Waals surface area contributed by atoms with Crippen molar-refractivity contribution in [2.75, 3.05) is 0 Å². The molecule has 5 heteroatoms. The van der Waals surface area contributed by atoms with Gasteiger partial charge in [-0.3, -0.25) is 9.36 Å². The molecular weight excluding hydrogens is 359 g/mol. The quantitative estimate of drug-likeness (QED) is 0.490. The van der Waals surface area contributed by atoms with E-state index in [2.05, 4.69) is 36.2 Å². The second kappa shape index (κ2) is 7.08. The molecular formula is C22H19FN2OS. The number of nitrogens with zero attached hydrogens (tertiary/aromatic N) is 2. The lowest BCUT2D eigenvalue weighted by molar-refractivity contribution is 0.621. The van der Waals surface area contributed by atoms with E-state index in [0.29, 0.717) is 17.8 Å². The molecule has 0 saturated carbocycles. The topological polar surface area (TPSA) is 34.9 Å². The van der Waals surface area contributed by atoms with Crippen LogP contribution in [0, 0.1) is 12.7 Å². The van der Waals surface area contributed by atoms with E-state index in [9.17, 15) is 9.18 Å². The van der Waals surface area contributed by atoms with Crippen molar-refractivity contribution in [2.45, 2.75) is 26.8 Å². The minimum absolute atomic E-state index is 0.0856. The molecule has 0 fully saturated rings. The Morgan fingerprint density at radius 3 is 2.59 bits per heavy atom. The van der Waals surface area contributed by atoms with E-state index in [-0.39, 0.29) is 11.4 Å². The number of thiophene rings is 1. The van der Waals surface area contributed by atoms with Crippen molar-refractivity contribution in [1.29, 1.82) is 0 Å². The summed E-state index contributed by atoms with van der Waals surface area (Å²) in [7, 11) is 0. The first-order valence-corrected chi connectivity index (χ1v) is 9.77. The average molecular weight is 378 g/mol. The molecule has 2 aromatic heterocycles. The summed E-state index contributed by atoms with van der Waals surface area (Å²) >= 11 is 1.48. The first-order chi connectivity index (χ1) is 13.1. The fourth-order valence-corrected chi connectivity index (χ4v) is 4.25. The predicted molar refractivity (Wildman–Crippen MR) is 109 cm³/mol. The van der Waals surface area contributed by atoms with Gasteiger partial charge in [0.05, 0.1) is 11.9 Å². The van der Waals surface area contributed by atoms with E-state index in [1.54, 1.807) is 10.6 Å². The molecule has 0 bridgehead atoms. The highest BCUT2D eigenvalue weighted by Crippen LogP contribution is 2.31. The molecule has 27 heavy (non-hydrogen) atoms. The maximum Gasteiger partial charge on any atom is 0.263 e. The third kappa shape index (κ3) is 3.30. The highest BCUT2D eigenvalue weighted by Gasteiger charge is 2.15. The van der Waals surface area contributed by atoms with E-state index in [0.717, 1.165) is 27.9 Å². The summed E-state index contributed by atoms with van der Waals surface area (Å²) in [6.45, 7) is 4.23. The molecule has 0 saturated heterocycles. The van der Waals surface area contributed by atoms with Crippen molar-refractivity contribution in [2.24, 2.45) is 0 Å². The average Bonchev–Trinajstić information content (AvgIpc) is 3.09. The molecule has 0 aliphatic rings. The van der Waals surface area contributed by atoms with E-state index < -0.39 is 0 Å². The van der Waals surface area contributed by atoms with Crippen LogP contribution in [0.25, 0.3) is 21.3 Å². The summed E-state index contributed by atoms with van der Waals surface area (Å²) in [5.74, 6) is 0.325. The monoisotopic (exact) mass is 378 g/mol. The Labute approximate surface area is 160 Å². The van der Waals surface area contributed by atoms with E-state index in [4.69, 9.17) is 0 Å².